The van der Waals surface area contributed by atoms with Gasteiger partial charge >= 0.3 is 5.97 Å². The zero-order valence-corrected chi connectivity index (χ0v) is 6.66. The van der Waals surface area contributed by atoms with Gasteiger partial charge in [0.05, 0.1) is 6.61 Å². The van der Waals surface area contributed by atoms with Crippen molar-refractivity contribution >= 4 is 17.1 Å². The molecule has 2 aromatic rings. The normalized spacial score (nSPS) is 10.8. The highest BCUT2D eigenvalue weighted by atomic mass is 16.5. The van der Waals surface area contributed by atoms with E-state index in [1.165, 1.54) is 0 Å². The topological polar surface area (TPSA) is 39.4 Å². The van der Waals surface area contributed by atoms with Crippen molar-refractivity contribution in [1.29, 1.82) is 0 Å². The molecule has 0 spiro atoms. The van der Waals surface area contributed by atoms with Gasteiger partial charge in [0.2, 0.25) is 0 Å². The number of hydrogen-bond donors (Lipinski definition) is 0. The minimum atomic E-state index is -0.313. The largest absolute Gasteiger partial charge is 0.462 e. The van der Waals surface area contributed by atoms with E-state index < -0.39 is 0 Å². The average molecular weight is 164 g/mol. The molecule has 62 valence electrons. The molecule has 0 saturated carbocycles. The Bertz CT molecular complexity index is 388. The van der Waals surface area contributed by atoms with Gasteiger partial charge in [-0.15, -0.1) is 0 Å². The van der Waals surface area contributed by atoms with Crippen LogP contribution in [-0.2, 0) is 4.74 Å². The minimum absolute atomic E-state index is 0.313. The van der Waals surface area contributed by atoms with Crippen molar-refractivity contribution in [1.82, 2.24) is 0 Å². The Hall–Kier alpha value is -1.51. The smallest absolute Gasteiger partial charge is 0.342 e. The predicted octanol–water partition coefficient (Wildman–Crippen LogP) is 2.05. The Labute approximate surface area is 69.3 Å². The van der Waals surface area contributed by atoms with Crippen molar-refractivity contribution in [2.45, 2.75) is 6.92 Å². The fourth-order valence-corrected chi connectivity index (χ4v) is 1.16. The molecule has 12 heavy (non-hydrogen) atoms. The molecule has 3 heteroatoms. The Kier molecular flexibility index (Phi) is 1.50. The highest BCUT2D eigenvalue weighted by Gasteiger charge is 2.14. The third-order valence-electron chi connectivity index (χ3n) is 1.67. The molecule has 0 aliphatic rings. The minimum Gasteiger partial charge on any atom is -0.462 e. The summed E-state index contributed by atoms with van der Waals surface area (Å²) in [5.41, 5.74) is 1.84. The number of rotatable bonds is 2. The fraction of sp³-hybridized carbons (Fsp3) is 0.222. The van der Waals surface area contributed by atoms with Crippen LogP contribution < -0.4 is 0 Å². The Morgan fingerprint density at radius 3 is 2.92 bits per heavy atom. The lowest BCUT2D eigenvalue weighted by Gasteiger charge is -1.97. The van der Waals surface area contributed by atoms with Crippen LogP contribution in [0.25, 0.3) is 11.2 Å². The van der Waals surface area contributed by atoms with E-state index in [0.29, 0.717) is 23.3 Å². The van der Waals surface area contributed by atoms with Gasteiger partial charge < -0.3 is 9.15 Å². The predicted molar refractivity (Wildman–Crippen MR) is 43.4 cm³/mol. The van der Waals surface area contributed by atoms with Crippen molar-refractivity contribution in [2.75, 3.05) is 6.61 Å². The first-order chi connectivity index (χ1) is 5.81. The molecule has 0 aliphatic carbocycles. The number of esters is 1. The highest BCUT2D eigenvalue weighted by Crippen LogP contribution is 2.22. The Morgan fingerprint density at radius 1 is 1.58 bits per heavy atom. The molecule has 0 aliphatic heterocycles. The molecule has 0 aromatic carbocycles. The van der Waals surface area contributed by atoms with Crippen molar-refractivity contribution in [3.8, 4) is 0 Å². The van der Waals surface area contributed by atoms with Crippen LogP contribution in [0.4, 0.5) is 0 Å². The van der Waals surface area contributed by atoms with E-state index in [-0.39, 0.29) is 5.97 Å². The van der Waals surface area contributed by atoms with Crippen molar-refractivity contribution in [2.24, 2.45) is 0 Å². The maximum absolute atomic E-state index is 11.2. The van der Waals surface area contributed by atoms with E-state index in [1.54, 1.807) is 19.1 Å². The molecule has 0 unspecified atom stereocenters. The summed E-state index contributed by atoms with van der Waals surface area (Å²) >= 11 is 0. The van der Waals surface area contributed by atoms with Gasteiger partial charge in [0.25, 0.3) is 0 Å². The second kappa shape index (κ2) is 2.52. The monoisotopic (exact) mass is 164 g/mol. The van der Waals surface area contributed by atoms with Crippen LogP contribution in [0.5, 0.6) is 0 Å². The summed E-state index contributed by atoms with van der Waals surface area (Å²) in [6.07, 6.45) is 0. The first kappa shape index (κ1) is 7.16. The lowest BCUT2D eigenvalue weighted by Crippen LogP contribution is -2.03. The first-order valence-electron chi connectivity index (χ1n) is 3.80. The molecule has 2 aromatic heterocycles. The molecule has 0 atom stereocenters. The average Bonchev–Trinajstić information content (AvgIpc) is 2.64. The molecule has 2 heterocycles. The molecular weight excluding hydrogens is 156 g/mol. The van der Waals surface area contributed by atoms with Crippen LogP contribution in [0.15, 0.2) is 22.6 Å². The lowest BCUT2D eigenvalue weighted by molar-refractivity contribution is 0.0528. The first-order valence-corrected chi connectivity index (χ1v) is 3.80. The number of carbonyl (C=O) groups excluding carboxylic acids is 1. The Balaban J connectivity index is 2.34. The molecule has 3 nitrogen and oxygen atoms in total. The van der Waals surface area contributed by atoms with E-state index in [4.69, 9.17) is 9.15 Å². The van der Waals surface area contributed by atoms with E-state index in [9.17, 15) is 4.79 Å². The summed E-state index contributed by atoms with van der Waals surface area (Å²) < 4.78 is 10.0. The van der Waals surface area contributed by atoms with Crippen LogP contribution in [-0.4, -0.2) is 12.6 Å². The lowest BCUT2D eigenvalue weighted by atomic mass is 10.2. The van der Waals surface area contributed by atoms with Crippen LogP contribution in [0.1, 0.15) is 17.3 Å². The van der Waals surface area contributed by atoms with E-state index >= 15 is 0 Å². The van der Waals surface area contributed by atoms with Crippen LogP contribution in [0, 0.1) is 0 Å². The molecule has 0 saturated heterocycles. The van der Waals surface area contributed by atoms with Gasteiger partial charge in [0.15, 0.2) is 0 Å². The zero-order valence-electron chi connectivity index (χ0n) is 6.66. The van der Waals surface area contributed by atoms with Gasteiger partial charge in [-0.3, -0.25) is 0 Å². The summed E-state index contributed by atoms with van der Waals surface area (Å²) in [4.78, 5) is 11.2. The molecule has 0 N–H and O–H groups in total. The second-order valence-electron chi connectivity index (χ2n) is 2.48. The number of furan rings is 2. The fourth-order valence-electron chi connectivity index (χ4n) is 1.16. The highest BCUT2D eigenvalue weighted by molar-refractivity contribution is 5.99. The van der Waals surface area contributed by atoms with Crippen LogP contribution in [0.3, 0.4) is 0 Å². The van der Waals surface area contributed by atoms with Gasteiger partial charge in [0.1, 0.15) is 16.7 Å². The van der Waals surface area contributed by atoms with Crippen molar-refractivity contribution in [3.63, 3.8) is 0 Å². The third-order valence-corrected chi connectivity index (χ3v) is 1.67. The van der Waals surface area contributed by atoms with Crippen molar-refractivity contribution < 1.29 is 13.9 Å². The summed E-state index contributed by atoms with van der Waals surface area (Å²) in [5.74, 6) is -0.313. The molecule has 2 rings (SSSR count). The molecular formula is C9H8O3. The maximum atomic E-state index is 11.2. The van der Waals surface area contributed by atoms with Gasteiger partial charge in [-0.25, -0.2) is 4.79 Å². The van der Waals surface area contributed by atoms with E-state index in [2.05, 4.69) is 0 Å². The number of benzene rings is 1. The SMILES string of the molecule is CCOC(=O)c1cc2ccc1o2. The maximum Gasteiger partial charge on any atom is 0.342 e. The molecule has 0 radical (unpaired) electrons. The number of hydrogen-bond acceptors (Lipinski definition) is 3. The van der Waals surface area contributed by atoms with Gasteiger partial charge in [-0.1, -0.05) is 0 Å². The van der Waals surface area contributed by atoms with Gasteiger partial charge in [0, 0.05) is 0 Å². The summed E-state index contributed by atoms with van der Waals surface area (Å²) in [7, 11) is 0. The quantitative estimate of drug-likeness (QED) is 0.637. The molecule has 0 fully saturated rings. The van der Waals surface area contributed by atoms with Crippen LogP contribution in [0.2, 0.25) is 0 Å². The Morgan fingerprint density at radius 2 is 2.42 bits per heavy atom. The number of ether oxygens (including phenoxy) is 1. The summed E-state index contributed by atoms with van der Waals surface area (Å²) in [6.45, 7) is 2.17. The summed E-state index contributed by atoms with van der Waals surface area (Å²) in [5, 5.41) is 0. The molecule has 2 bridgehead atoms. The van der Waals surface area contributed by atoms with E-state index in [1.807, 2.05) is 6.07 Å². The van der Waals surface area contributed by atoms with Gasteiger partial charge in [-0.2, -0.15) is 0 Å². The second-order valence-corrected chi connectivity index (χ2v) is 2.48. The van der Waals surface area contributed by atoms with Gasteiger partial charge in [-0.05, 0) is 25.1 Å². The van der Waals surface area contributed by atoms with E-state index in [0.717, 1.165) is 0 Å². The standard InChI is InChI=1S/C9H8O3/c1-2-11-9(10)7-5-6-3-4-8(7)12-6/h3-5H,2H2,1H3. The molecule has 0 amide bonds. The zero-order chi connectivity index (χ0) is 8.55. The number of fused-ring (bicyclic) bond motifs is 2. The third kappa shape index (κ3) is 0.942. The van der Waals surface area contributed by atoms with Crippen LogP contribution >= 0.6 is 0 Å². The number of carbonyl (C=O) groups is 1. The summed E-state index contributed by atoms with van der Waals surface area (Å²) in [6, 6.07) is 5.27. The van der Waals surface area contributed by atoms with Crippen molar-refractivity contribution in [3.05, 3.63) is 23.8 Å².